The molecule has 0 aliphatic carbocycles. The third-order valence-corrected chi connectivity index (χ3v) is 3.35. The van der Waals surface area contributed by atoms with Crippen LogP contribution in [0.5, 0.6) is 0 Å². The Labute approximate surface area is 111 Å². The Kier molecular flexibility index (Phi) is 7.05. The first-order valence-electron chi connectivity index (χ1n) is 6.20. The van der Waals surface area contributed by atoms with Crippen LogP contribution in [0.15, 0.2) is 0 Å². The molecule has 0 aromatic rings. The maximum absolute atomic E-state index is 11.9. The van der Waals surface area contributed by atoms with Gasteiger partial charge >= 0.3 is 0 Å². The number of rotatable bonds is 4. The van der Waals surface area contributed by atoms with Crippen molar-refractivity contribution in [3.63, 3.8) is 0 Å². The van der Waals surface area contributed by atoms with E-state index in [0.29, 0.717) is 12.6 Å². The molecule has 1 heterocycles. The number of carbonyl (C=O) groups excluding carboxylic acids is 1. The molecule has 1 fully saturated rings. The van der Waals surface area contributed by atoms with Crippen LogP contribution in [0.4, 0.5) is 0 Å². The minimum Gasteiger partial charge on any atom is -0.350 e. The van der Waals surface area contributed by atoms with Gasteiger partial charge in [0.2, 0.25) is 5.91 Å². The highest BCUT2D eigenvalue weighted by Gasteiger charge is 2.23. The first kappa shape index (κ1) is 16.7. The summed E-state index contributed by atoms with van der Waals surface area (Å²) < 4.78 is 0. The summed E-state index contributed by atoms with van der Waals surface area (Å²) >= 11 is 0. The van der Waals surface area contributed by atoms with Crippen molar-refractivity contribution in [1.29, 1.82) is 0 Å². The third kappa shape index (κ3) is 5.70. The van der Waals surface area contributed by atoms with Crippen LogP contribution in [-0.4, -0.2) is 48.6 Å². The van der Waals surface area contributed by atoms with E-state index < -0.39 is 0 Å². The molecule has 1 aliphatic heterocycles. The second-order valence-electron chi connectivity index (χ2n) is 5.31. The zero-order valence-corrected chi connectivity index (χ0v) is 12.2. The Morgan fingerprint density at radius 1 is 1.53 bits per heavy atom. The molecule has 102 valence electrons. The van der Waals surface area contributed by atoms with E-state index in [0.717, 1.165) is 26.1 Å². The number of carbonyl (C=O) groups is 1. The summed E-state index contributed by atoms with van der Waals surface area (Å²) in [6.45, 7) is 11.8. The highest BCUT2D eigenvalue weighted by atomic mass is 35.5. The lowest BCUT2D eigenvalue weighted by Gasteiger charge is -2.34. The zero-order chi connectivity index (χ0) is 12.2. The summed E-state index contributed by atoms with van der Waals surface area (Å²) in [7, 11) is 0. The maximum atomic E-state index is 11.9. The molecule has 1 rings (SSSR count). The number of hydrogen-bond donors (Lipinski definition) is 2. The normalized spacial score (nSPS) is 21.8. The molecule has 17 heavy (non-hydrogen) atoms. The molecule has 0 bridgehead atoms. The van der Waals surface area contributed by atoms with Gasteiger partial charge in [-0.3, -0.25) is 9.69 Å². The predicted octanol–water partition coefficient (Wildman–Crippen LogP) is 1.01. The zero-order valence-electron chi connectivity index (χ0n) is 11.4. The Balaban J connectivity index is 0.00000256. The molecule has 2 N–H and O–H groups in total. The molecule has 0 spiro atoms. The second-order valence-corrected chi connectivity index (χ2v) is 5.31. The van der Waals surface area contributed by atoms with Gasteiger partial charge in [-0.25, -0.2) is 0 Å². The number of amides is 1. The van der Waals surface area contributed by atoms with Crippen molar-refractivity contribution < 1.29 is 4.79 Å². The van der Waals surface area contributed by atoms with E-state index in [1.165, 1.54) is 0 Å². The van der Waals surface area contributed by atoms with Gasteiger partial charge in [-0.2, -0.15) is 0 Å². The second kappa shape index (κ2) is 7.19. The van der Waals surface area contributed by atoms with Gasteiger partial charge in [0.15, 0.2) is 0 Å². The number of piperazine rings is 1. The summed E-state index contributed by atoms with van der Waals surface area (Å²) in [4.78, 5) is 14.1. The molecule has 1 unspecified atom stereocenters. The average molecular weight is 264 g/mol. The van der Waals surface area contributed by atoms with Crippen LogP contribution >= 0.6 is 12.4 Å². The Morgan fingerprint density at radius 3 is 2.71 bits per heavy atom. The quantitative estimate of drug-likeness (QED) is 0.796. The van der Waals surface area contributed by atoms with Crippen molar-refractivity contribution in [3.8, 4) is 0 Å². The van der Waals surface area contributed by atoms with Crippen LogP contribution in [0.2, 0.25) is 0 Å². The van der Waals surface area contributed by atoms with Gasteiger partial charge in [0.25, 0.3) is 0 Å². The van der Waals surface area contributed by atoms with Crippen LogP contribution in [0, 0.1) is 0 Å². The lowest BCUT2D eigenvalue weighted by Crippen LogP contribution is -2.54. The van der Waals surface area contributed by atoms with Crippen LogP contribution < -0.4 is 10.6 Å². The van der Waals surface area contributed by atoms with Crippen LogP contribution in [-0.2, 0) is 4.79 Å². The Hall–Kier alpha value is -0.320. The van der Waals surface area contributed by atoms with E-state index in [9.17, 15) is 4.79 Å². The fourth-order valence-electron chi connectivity index (χ4n) is 1.81. The summed E-state index contributed by atoms with van der Waals surface area (Å²) in [5, 5.41) is 6.40. The molecule has 0 radical (unpaired) electrons. The van der Waals surface area contributed by atoms with Gasteiger partial charge in [-0.1, -0.05) is 6.92 Å². The van der Waals surface area contributed by atoms with Crippen molar-refractivity contribution in [2.45, 2.75) is 45.7 Å². The minimum absolute atomic E-state index is 0. The summed E-state index contributed by atoms with van der Waals surface area (Å²) in [5.41, 5.74) is -0.0889. The Morgan fingerprint density at radius 2 is 2.18 bits per heavy atom. The van der Waals surface area contributed by atoms with Gasteiger partial charge in [0.05, 0.1) is 6.54 Å². The molecule has 5 heteroatoms. The lowest BCUT2D eigenvalue weighted by atomic mass is 10.0. The number of nitrogens with zero attached hydrogens (tertiary/aromatic N) is 1. The average Bonchev–Trinajstić information content (AvgIpc) is 2.21. The largest absolute Gasteiger partial charge is 0.350 e. The smallest absolute Gasteiger partial charge is 0.234 e. The summed E-state index contributed by atoms with van der Waals surface area (Å²) in [5.74, 6) is 0.139. The van der Waals surface area contributed by atoms with Gasteiger partial charge < -0.3 is 10.6 Å². The van der Waals surface area contributed by atoms with E-state index in [-0.39, 0.29) is 23.9 Å². The van der Waals surface area contributed by atoms with Crippen molar-refractivity contribution in [1.82, 2.24) is 15.5 Å². The van der Waals surface area contributed by atoms with E-state index in [4.69, 9.17) is 0 Å². The SMILES string of the molecule is CCC(C)(C)NC(=O)CN1CCNCC1C.Cl. The number of nitrogens with one attached hydrogen (secondary N) is 2. The molecule has 0 aromatic carbocycles. The summed E-state index contributed by atoms with van der Waals surface area (Å²) in [6, 6.07) is 0.448. The molecule has 1 atom stereocenters. The fourth-order valence-corrected chi connectivity index (χ4v) is 1.81. The van der Waals surface area contributed by atoms with E-state index in [1.54, 1.807) is 0 Å². The van der Waals surface area contributed by atoms with E-state index >= 15 is 0 Å². The van der Waals surface area contributed by atoms with E-state index in [2.05, 4.69) is 43.2 Å². The molecule has 0 saturated carbocycles. The first-order valence-corrected chi connectivity index (χ1v) is 6.20. The maximum Gasteiger partial charge on any atom is 0.234 e. The molecule has 1 saturated heterocycles. The Bertz CT molecular complexity index is 246. The third-order valence-electron chi connectivity index (χ3n) is 3.35. The van der Waals surface area contributed by atoms with Gasteiger partial charge in [-0.15, -0.1) is 12.4 Å². The number of halogens is 1. The molecule has 0 aromatic heterocycles. The molecule has 1 aliphatic rings. The summed E-state index contributed by atoms with van der Waals surface area (Å²) in [6.07, 6.45) is 0.954. The van der Waals surface area contributed by atoms with Crippen LogP contribution in [0.1, 0.15) is 34.1 Å². The molecule has 1 amide bonds. The van der Waals surface area contributed by atoms with Crippen LogP contribution in [0.25, 0.3) is 0 Å². The van der Waals surface area contributed by atoms with Gasteiger partial charge in [0, 0.05) is 31.2 Å². The predicted molar refractivity (Wildman–Crippen MR) is 73.7 cm³/mol. The highest BCUT2D eigenvalue weighted by molar-refractivity contribution is 5.85. The van der Waals surface area contributed by atoms with Gasteiger partial charge in [0.1, 0.15) is 0 Å². The van der Waals surface area contributed by atoms with Gasteiger partial charge in [-0.05, 0) is 27.2 Å². The standard InChI is InChI=1S/C12H25N3O.ClH/c1-5-12(3,4)14-11(16)9-15-7-6-13-8-10(15)2;/h10,13H,5-9H2,1-4H3,(H,14,16);1H. The highest BCUT2D eigenvalue weighted by Crippen LogP contribution is 2.07. The van der Waals surface area contributed by atoms with E-state index in [1.807, 2.05) is 0 Å². The topological polar surface area (TPSA) is 44.4 Å². The van der Waals surface area contributed by atoms with Crippen molar-refractivity contribution >= 4 is 18.3 Å². The van der Waals surface area contributed by atoms with Crippen molar-refractivity contribution in [2.75, 3.05) is 26.2 Å². The number of hydrogen-bond acceptors (Lipinski definition) is 3. The fraction of sp³-hybridized carbons (Fsp3) is 0.917. The molecular weight excluding hydrogens is 238 g/mol. The van der Waals surface area contributed by atoms with Crippen molar-refractivity contribution in [3.05, 3.63) is 0 Å². The first-order chi connectivity index (χ1) is 7.44. The van der Waals surface area contributed by atoms with Crippen LogP contribution in [0.3, 0.4) is 0 Å². The molecular formula is C12H26ClN3O. The van der Waals surface area contributed by atoms with Crippen molar-refractivity contribution in [2.24, 2.45) is 0 Å². The minimum atomic E-state index is -0.0889. The lowest BCUT2D eigenvalue weighted by molar-refractivity contribution is -0.124. The monoisotopic (exact) mass is 263 g/mol. The molecule has 4 nitrogen and oxygen atoms in total.